The molecule has 0 fully saturated rings. The average Bonchev–Trinajstić information content (AvgIpc) is 3.04. The van der Waals surface area contributed by atoms with Crippen molar-refractivity contribution in [3.05, 3.63) is 59.4 Å². The molecule has 1 N–H and O–H groups in total. The highest BCUT2D eigenvalue weighted by molar-refractivity contribution is 5.94. The summed E-state index contributed by atoms with van der Waals surface area (Å²) < 4.78 is 13.0. The second-order valence-corrected chi connectivity index (χ2v) is 6.50. The number of hydrogen-bond donors (Lipinski definition) is 1. The number of aromatic nitrogens is 2. The zero-order valence-corrected chi connectivity index (χ0v) is 14.9. The standard InChI is InChI=1S/C20H21N3O3/c1-13-3-8-17-18(9-13)23-15(11-26-12-19(23)22-17)10-21-20(24)14-4-6-16(25-2)7-5-14/h3-9,15H,10-12H2,1-2H3,(H,21,24). The topological polar surface area (TPSA) is 65.4 Å². The van der Waals surface area contributed by atoms with Gasteiger partial charge >= 0.3 is 0 Å². The van der Waals surface area contributed by atoms with Crippen LogP contribution >= 0.6 is 0 Å². The first-order valence-corrected chi connectivity index (χ1v) is 8.63. The first-order chi connectivity index (χ1) is 12.7. The van der Waals surface area contributed by atoms with Gasteiger partial charge in [-0.3, -0.25) is 4.79 Å². The highest BCUT2D eigenvalue weighted by Gasteiger charge is 2.24. The molecule has 0 spiro atoms. The zero-order valence-electron chi connectivity index (χ0n) is 14.9. The average molecular weight is 351 g/mol. The highest BCUT2D eigenvalue weighted by atomic mass is 16.5. The van der Waals surface area contributed by atoms with Crippen LogP contribution < -0.4 is 10.1 Å². The van der Waals surface area contributed by atoms with Crippen LogP contribution in [0.3, 0.4) is 0 Å². The van der Waals surface area contributed by atoms with Crippen molar-refractivity contribution < 1.29 is 14.3 Å². The lowest BCUT2D eigenvalue weighted by atomic mass is 10.2. The number of rotatable bonds is 4. The second kappa shape index (κ2) is 6.80. The van der Waals surface area contributed by atoms with Crippen molar-refractivity contribution in [2.45, 2.75) is 19.6 Å². The van der Waals surface area contributed by atoms with Gasteiger partial charge in [-0.1, -0.05) is 6.07 Å². The Kier molecular flexibility index (Phi) is 4.34. The molecule has 2 aromatic carbocycles. The molecule has 4 rings (SSSR count). The van der Waals surface area contributed by atoms with Crippen molar-refractivity contribution in [2.24, 2.45) is 0 Å². The molecule has 1 amide bonds. The van der Waals surface area contributed by atoms with E-state index in [0.29, 0.717) is 25.3 Å². The number of nitrogens with zero attached hydrogens (tertiary/aromatic N) is 2. The summed E-state index contributed by atoms with van der Waals surface area (Å²) in [7, 11) is 1.60. The summed E-state index contributed by atoms with van der Waals surface area (Å²) in [4.78, 5) is 17.1. The molecule has 3 aromatic rings. The number of amides is 1. The molecular weight excluding hydrogens is 330 g/mol. The van der Waals surface area contributed by atoms with E-state index >= 15 is 0 Å². The Bertz CT molecular complexity index is 947. The van der Waals surface area contributed by atoms with Gasteiger partial charge in [-0.15, -0.1) is 0 Å². The van der Waals surface area contributed by atoms with Gasteiger partial charge in [0.05, 0.1) is 30.8 Å². The highest BCUT2D eigenvalue weighted by Crippen LogP contribution is 2.26. The molecule has 0 saturated heterocycles. The molecule has 1 aliphatic rings. The third kappa shape index (κ3) is 3.04. The first kappa shape index (κ1) is 16.6. The minimum absolute atomic E-state index is 0.0211. The van der Waals surface area contributed by atoms with Crippen molar-refractivity contribution >= 4 is 16.9 Å². The van der Waals surface area contributed by atoms with E-state index in [0.717, 1.165) is 22.6 Å². The number of imidazole rings is 1. The predicted octanol–water partition coefficient (Wildman–Crippen LogP) is 2.85. The fourth-order valence-electron chi connectivity index (χ4n) is 3.33. The molecule has 134 valence electrons. The van der Waals surface area contributed by atoms with Crippen molar-refractivity contribution in [3.8, 4) is 5.75 Å². The van der Waals surface area contributed by atoms with Crippen LogP contribution in [0.2, 0.25) is 0 Å². The maximum Gasteiger partial charge on any atom is 0.251 e. The summed E-state index contributed by atoms with van der Waals surface area (Å²) in [6.07, 6.45) is 0. The fourth-order valence-corrected chi connectivity index (χ4v) is 3.33. The van der Waals surface area contributed by atoms with Crippen LogP contribution in [0.4, 0.5) is 0 Å². The minimum Gasteiger partial charge on any atom is -0.497 e. The fraction of sp³-hybridized carbons (Fsp3) is 0.300. The molecule has 0 bridgehead atoms. The van der Waals surface area contributed by atoms with E-state index in [1.165, 1.54) is 5.56 Å². The molecule has 1 atom stereocenters. The molecule has 0 radical (unpaired) electrons. The van der Waals surface area contributed by atoms with Crippen LogP contribution in [0.25, 0.3) is 11.0 Å². The van der Waals surface area contributed by atoms with Gasteiger partial charge in [-0.2, -0.15) is 0 Å². The Labute approximate surface area is 151 Å². The van der Waals surface area contributed by atoms with Gasteiger partial charge < -0.3 is 19.4 Å². The third-order valence-corrected chi connectivity index (χ3v) is 4.68. The van der Waals surface area contributed by atoms with Crippen molar-refractivity contribution in [1.82, 2.24) is 14.9 Å². The largest absolute Gasteiger partial charge is 0.497 e. The van der Waals surface area contributed by atoms with Crippen LogP contribution in [-0.4, -0.2) is 35.7 Å². The molecule has 0 saturated carbocycles. The van der Waals surface area contributed by atoms with E-state index in [4.69, 9.17) is 9.47 Å². The maximum absolute atomic E-state index is 12.4. The van der Waals surface area contributed by atoms with Crippen LogP contribution in [0.15, 0.2) is 42.5 Å². The van der Waals surface area contributed by atoms with Gasteiger partial charge in [0, 0.05) is 12.1 Å². The molecule has 6 heteroatoms. The van der Waals surface area contributed by atoms with E-state index in [1.54, 1.807) is 31.4 Å². The van der Waals surface area contributed by atoms with Gasteiger partial charge in [0.25, 0.3) is 5.91 Å². The number of carbonyl (C=O) groups is 1. The molecule has 26 heavy (non-hydrogen) atoms. The molecule has 1 unspecified atom stereocenters. The maximum atomic E-state index is 12.4. The lowest BCUT2D eigenvalue weighted by molar-refractivity contribution is 0.0553. The van der Waals surface area contributed by atoms with Crippen molar-refractivity contribution in [1.29, 1.82) is 0 Å². The summed E-state index contributed by atoms with van der Waals surface area (Å²) in [6, 6.07) is 13.3. The van der Waals surface area contributed by atoms with E-state index in [1.807, 2.05) is 6.07 Å². The minimum atomic E-state index is -0.111. The van der Waals surface area contributed by atoms with Crippen LogP contribution in [0, 0.1) is 6.92 Å². The molecule has 6 nitrogen and oxygen atoms in total. The first-order valence-electron chi connectivity index (χ1n) is 8.63. The number of nitrogens with one attached hydrogen (secondary N) is 1. The number of aryl methyl sites for hydroxylation is 1. The summed E-state index contributed by atoms with van der Waals surface area (Å²) in [5, 5.41) is 3.01. The second-order valence-electron chi connectivity index (χ2n) is 6.50. The molecule has 0 aliphatic carbocycles. The number of carbonyl (C=O) groups excluding carboxylic acids is 1. The SMILES string of the molecule is COc1ccc(C(=O)NCC2COCc3nc4ccc(C)cc4n32)cc1. The van der Waals surface area contributed by atoms with Crippen molar-refractivity contribution in [3.63, 3.8) is 0 Å². The van der Waals surface area contributed by atoms with Gasteiger partial charge in [0.1, 0.15) is 18.2 Å². The Morgan fingerprint density at radius 1 is 1.31 bits per heavy atom. The lowest BCUT2D eigenvalue weighted by Gasteiger charge is -2.26. The molecule has 1 aromatic heterocycles. The number of hydrogen-bond acceptors (Lipinski definition) is 4. The van der Waals surface area contributed by atoms with Gasteiger partial charge in [-0.05, 0) is 48.9 Å². The van der Waals surface area contributed by atoms with Gasteiger partial charge in [-0.25, -0.2) is 4.98 Å². The van der Waals surface area contributed by atoms with Crippen molar-refractivity contribution in [2.75, 3.05) is 20.3 Å². The van der Waals surface area contributed by atoms with Gasteiger partial charge in [0.2, 0.25) is 0 Å². The van der Waals surface area contributed by atoms with E-state index in [9.17, 15) is 4.79 Å². The van der Waals surface area contributed by atoms with Crippen LogP contribution in [0.5, 0.6) is 5.75 Å². The van der Waals surface area contributed by atoms with Crippen LogP contribution in [-0.2, 0) is 11.3 Å². The Morgan fingerprint density at radius 3 is 2.88 bits per heavy atom. The quantitative estimate of drug-likeness (QED) is 0.785. The number of ether oxygens (including phenoxy) is 2. The Hall–Kier alpha value is -2.86. The smallest absolute Gasteiger partial charge is 0.251 e. The van der Waals surface area contributed by atoms with Crippen LogP contribution in [0.1, 0.15) is 27.8 Å². The Balaban J connectivity index is 1.53. The summed E-state index contributed by atoms with van der Waals surface area (Å²) >= 11 is 0. The number of benzene rings is 2. The van der Waals surface area contributed by atoms with E-state index in [2.05, 4.69) is 33.9 Å². The zero-order chi connectivity index (χ0) is 18.1. The summed E-state index contributed by atoms with van der Waals surface area (Å²) in [5.41, 5.74) is 3.84. The van der Waals surface area contributed by atoms with Gasteiger partial charge in [0.15, 0.2) is 0 Å². The van der Waals surface area contributed by atoms with E-state index in [-0.39, 0.29) is 11.9 Å². The summed E-state index contributed by atoms with van der Waals surface area (Å²) in [5.74, 6) is 1.52. The normalized spacial score (nSPS) is 16.3. The third-order valence-electron chi connectivity index (χ3n) is 4.68. The molecule has 1 aliphatic heterocycles. The lowest BCUT2D eigenvalue weighted by Crippen LogP contribution is -2.35. The Morgan fingerprint density at radius 2 is 2.12 bits per heavy atom. The molecule has 2 heterocycles. The molecular formula is C20H21N3O3. The monoisotopic (exact) mass is 351 g/mol. The number of fused-ring (bicyclic) bond motifs is 3. The summed E-state index contributed by atoms with van der Waals surface area (Å²) in [6.45, 7) is 3.60. The number of methoxy groups -OCH3 is 1. The van der Waals surface area contributed by atoms with E-state index < -0.39 is 0 Å². The predicted molar refractivity (Wildman–Crippen MR) is 98.5 cm³/mol.